The molecule has 0 bridgehead atoms. The molecule has 1 unspecified atom stereocenters. The van der Waals surface area contributed by atoms with E-state index in [1.807, 2.05) is 13.8 Å². The van der Waals surface area contributed by atoms with Gasteiger partial charge in [0, 0.05) is 6.54 Å². The maximum Gasteiger partial charge on any atom is 0.256 e. The molecule has 0 fully saturated rings. The number of aliphatic hydroxyl groups excluding tert-OH is 1. The number of carbonyl (C=O) groups excluding carboxylic acids is 2. The fraction of sp³-hybridized carbons (Fsp3) is 0.429. The van der Waals surface area contributed by atoms with Crippen molar-refractivity contribution < 1.29 is 19.1 Å². The van der Waals surface area contributed by atoms with Crippen molar-refractivity contribution in [2.24, 2.45) is 5.92 Å². The average molecular weight is 317 g/mol. The number of hydrogen-bond acceptors (Lipinski definition) is 3. The van der Waals surface area contributed by atoms with Crippen LogP contribution in [0.3, 0.4) is 0 Å². The quantitative estimate of drug-likeness (QED) is 0.741. The Labute approximate surface area is 127 Å². The summed E-state index contributed by atoms with van der Waals surface area (Å²) < 4.78 is 13.5. The Bertz CT molecular complexity index is 503. The number of rotatable bonds is 6. The van der Waals surface area contributed by atoms with Crippen molar-refractivity contribution in [1.29, 1.82) is 0 Å². The second-order valence-electron chi connectivity index (χ2n) is 4.89. The van der Waals surface area contributed by atoms with Gasteiger partial charge in [-0.1, -0.05) is 31.5 Å². The van der Waals surface area contributed by atoms with E-state index in [2.05, 4.69) is 10.6 Å². The zero-order chi connectivity index (χ0) is 16.0. The summed E-state index contributed by atoms with van der Waals surface area (Å²) in [7, 11) is 0. The average Bonchev–Trinajstić information content (AvgIpc) is 2.42. The van der Waals surface area contributed by atoms with Gasteiger partial charge < -0.3 is 15.7 Å². The van der Waals surface area contributed by atoms with Gasteiger partial charge in [-0.2, -0.15) is 0 Å². The number of aliphatic hydroxyl groups is 1. The second-order valence-corrected chi connectivity index (χ2v) is 5.30. The molecule has 1 atom stereocenters. The number of carbonyl (C=O) groups is 2. The molecule has 0 heterocycles. The molecule has 0 radical (unpaired) electrons. The second kappa shape index (κ2) is 7.95. The number of hydrogen-bond donors (Lipinski definition) is 3. The van der Waals surface area contributed by atoms with Crippen molar-refractivity contribution in [2.45, 2.75) is 20.0 Å². The van der Waals surface area contributed by atoms with Gasteiger partial charge in [-0.15, -0.1) is 0 Å². The summed E-state index contributed by atoms with van der Waals surface area (Å²) in [5.41, 5.74) is -0.297. The van der Waals surface area contributed by atoms with Crippen molar-refractivity contribution >= 4 is 23.4 Å². The molecule has 1 aromatic carbocycles. The lowest BCUT2D eigenvalue weighted by molar-refractivity contribution is -0.120. The van der Waals surface area contributed by atoms with Gasteiger partial charge >= 0.3 is 0 Å². The summed E-state index contributed by atoms with van der Waals surface area (Å²) in [5.74, 6) is -1.99. The van der Waals surface area contributed by atoms with E-state index in [4.69, 9.17) is 11.6 Å². The first kappa shape index (κ1) is 17.4. The number of amides is 2. The van der Waals surface area contributed by atoms with E-state index < -0.39 is 23.7 Å². The minimum Gasteiger partial charge on any atom is -0.391 e. The molecular weight excluding hydrogens is 299 g/mol. The third-order valence-corrected chi connectivity index (χ3v) is 3.19. The van der Waals surface area contributed by atoms with Gasteiger partial charge in [0.15, 0.2) is 0 Å². The third-order valence-electron chi connectivity index (χ3n) is 2.88. The van der Waals surface area contributed by atoms with Gasteiger partial charge in [0.25, 0.3) is 5.91 Å². The summed E-state index contributed by atoms with van der Waals surface area (Å²) in [6.45, 7) is 3.40. The summed E-state index contributed by atoms with van der Waals surface area (Å²) in [4.78, 5) is 23.3. The molecule has 0 spiro atoms. The van der Waals surface area contributed by atoms with Gasteiger partial charge in [-0.25, -0.2) is 4.39 Å². The molecule has 0 aliphatic carbocycles. The predicted molar refractivity (Wildman–Crippen MR) is 77.6 cm³/mol. The van der Waals surface area contributed by atoms with Crippen LogP contribution < -0.4 is 10.6 Å². The highest BCUT2D eigenvalue weighted by molar-refractivity contribution is 6.33. The van der Waals surface area contributed by atoms with Crippen LogP contribution in [0.5, 0.6) is 0 Å². The van der Waals surface area contributed by atoms with Crippen LogP contribution >= 0.6 is 11.6 Å². The highest BCUT2D eigenvalue weighted by atomic mass is 35.5. The van der Waals surface area contributed by atoms with Gasteiger partial charge in [-0.05, 0) is 18.1 Å². The van der Waals surface area contributed by atoms with E-state index in [-0.39, 0.29) is 29.6 Å². The van der Waals surface area contributed by atoms with E-state index in [9.17, 15) is 19.1 Å². The summed E-state index contributed by atoms with van der Waals surface area (Å²) in [6.07, 6.45) is -0.661. The first-order valence-corrected chi connectivity index (χ1v) is 6.87. The number of nitrogens with one attached hydrogen (secondary N) is 2. The van der Waals surface area contributed by atoms with Crippen LogP contribution in [0.4, 0.5) is 4.39 Å². The zero-order valence-electron chi connectivity index (χ0n) is 11.8. The van der Waals surface area contributed by atoms with Crippen molar-refractivity contribution in [3.8, 4) is 0 Å². The molecule has 2 amide bonds. The van der Waals surface area contributed by atoms with Crippen molar-refractivity contribution in [2.75, 3.05) is 13.1 Å². The minimum atomic E-state index is -0.766. The molecule has 0 aliphatic heterocycles. The molecule has 0 aliphatic rings. The van der Waals surface area contributed by atoms with Crippen molar-refractivity contribution in [1.82, 2.24) is 10.6 Å². The minimum absolute atomic E-state index is 0.0112. The molecule has 5 nitrogen and oxygen atoms in total. The van der Waals surface area contributed by atoms with E-state index >= 15 is 0 Å². The Morgan fingerprint density at radius 2 is 2.00 bits per heavy atom. The highest BCUT2D eigenvalue weighted by Gasteiger charge is 2.17. The molecule has 116 valence electrons. The lowest BCUT2D eigenvalue weighted by Crippen LogP contribution is -2.41. The molecule has 0 saturated heterocycles. The fourth-order valence-corrected chi connectivity index (χ4v) is 1.73. The van der Waals surface area contributed by atoms with E-state index in [1.165, 1.54) is 12.1 Å². The first-order valence-electron chi connectivity index (χ1n) is 6.50. The lowest BCUT2D eigenvalue weighted by Gasteiger charge is -2.15. The van der Waals surface area contributed by atoms with Crippen molar-refractivity contribution in [3.63, 3.8) is 0 Å². The van der Waals surface area contributed by atoms with Crippen LogP contribution in [-0.4, -0.2) is 36.1 Å². The van der Waals surface area contributed by atoms with Crippen LogP contribution in [-0.2, 0) is 4.79 Å². The van der Waals surface area contributed by atoms with Gasteiger partial charge in [0.1, 0.15) is 5.82 Å². The van der Waals surface area contributed by atoms with Crippen LogP contribution in [0, 0.1) is 11.7 Å². The Balaban J connectivity index is 2.48. The van der Waals surface area contributed by atoms with E-state index in [0.717, 1.165) is 6.07 Å². The molecule has 3 N–H and O–H groups in total. The zero-order valence-corrected chi connectivity index (χ0v) is 12.6. The standard InChI is InChI=1S/C14H18ClFN2O3/c1-8(2)11(19)6-17-12(20)7-18-14(21)13-9(15)4-3-5-10(13)16/h3-5,8,11,19H,6-7H2,1-2H3,(H,17,20)(H,18,21). The monoisotopic (exact) mass is 316 g/mol. The Morgan fingerprint density at radius 3 is 2.57 bits per heavy atom. The smallest absolute Gasteiger partial charge is 0.256 e. The molecule has 0 saturated carbocycles. The first-order chi connectivity index (χ1) is 9.82. The molecule has 21 heavy (non-hydrogen) atoms. The molecule has 7 heteroatoms. The van der Waals surface area contributed by atoms with Gasteiger partial charge in [-0.3, -0.25) is 9.59 Å². The Kier molecular flexibility index (Phi) is 6.58. The van der Waals surface area contributed by atoms with Gasteiger partial charge in [0.05, 0.1) is 23.2 Å². The molecule has 1 rings (SSSR count). The van der Waals surface area contributed by atoms with Crippen molar-refractivity contribution in [3.05, 3.63) is 34.6 Å². The summed E-state index contributed by atoms with van der Waals surface area (Å²) in [6, 6.07) is 3.88. The molecule has 0 aromatic heterocycles. The van der Waals surface area contributed by atoms with Crippen LogP contribution in [0.15, 0.2) is 18.2 Å². The van der Waals surface area contributed by atoms with Crippen LogP contribution in [0.2, 0.25) is 5.02 Å². The summed E-state index contributed by atoms with van der Waals surface area (Å²) >= 11 is 5.74. The van der Waals surface area contributed by atoms with Crippen LogP contribution in [0.25, 0.3) is 0 Å². The molecule has 1 aromatic rings. The maximum atomic E-state index is 13.5. The lowest BCUT2D eigenvalue weighted by atomic mass is 10.1. The predicted octanol–water partition coefficient (Wildman–Crippen LogP) is 1.34. The Morgan fingerprint density at radius 1 is 1.33 bits per heavy atom. The highest BCUT2D eigenvalue weighted by Crippen LogP contribution is 2.18. The van der Waals surface area contributed by atoms with E-state index in [1.54, 1.807) is 0 Å². The van der Waals surface area contributed by atoms with E-state index in [0.29, 0.717) is 0 Å². The number of benzene rings is 1. The topological polar surface area (TPSA) is 78.4 Å². The summed E-state index contributed by atoms with van der Waals surface area (Å²) in [5, 5.41) is 14.3. The SMILES string of the molecule is CC(C)C(O)CNC(=O)CNC(=O)c1c(F)cccc1Cl. The third kappa shape index (κ3) is 5.32. The number of halogens is 2. The largest absolute Gasteiger partial charge is 0.391 e. The maximum absolute atomic E-state index is 13.5. The van der Waals surface area contributed by atoms with Crippen LogP contribution in [0.1, 0.15) is 24.2 Å². The fourth-order valence-electron chi connectivity index (χ4n) is 1.48. The Hall–Kier alpha value is -1.66. The van der Waals surface area contributed by atoms with Gasteiger partial charge in [0.2, 0.25) is 5.91 Å². The normalized spacial score (nSPS) is 12.1. The molecular formula is C14H18ClFN2O3.